The first kappa shape index (κ1) is 20.9. The molecule has 0 saturated carbocycles. The molecular formula is C24H31FN4. The van der Waals surface area contributed by atoms with Crippen molar-refractivity contribution in [2.45, 2.75) is 41.2 Å². The van der Waals surface area contributed by atoms with Gasteiger partial charge in [0.1, 0.15) is 5.82 Å². The van der Waals surface area contributed by atoms with Crippen LogP contribution in [-0.4, -0.2) is 27.6 Å². The highest BCUT2D eigenvalue weighted by Crippen LogP contribution is 2.25. The number of rotatable bonds is 5. The fourth-order valence-electron chi connectivity index (χ4n) is 3.58. The Morgan fingerprint density at radius 3 is 2.62 bits per heavy atom. The normalized spacial score (nSPS) is 13.7. The van der Waals surface area contributed by atoms with Crippen molar-refractivity contribution in [3.05, 3.63) is 82.7 Å². The zero-order valence-electron chi connectivity index (χ0n) is 18.1. The molecule has 1 N–H and O–H groups in total. The maximum absolute atomic E-state index is 14.1. The molecule has 1 aliphatic heterocycles. The number of likely N-dealkylation sites (tertiary alicyclic amines) is 1. The van der Waals surface area contributed by atoms with E-state index < -0.39 is 0 Å². The van der Waals surface area contributed by atoms with Crippen molar-refractivity contribution in [3.63, 3.8) is 0 Å². The second-order valence-corrected chi connectivity index (χ2v) is 8.02. The summed E-state index contributed by atoms with van der Waals surface area (Å²) in [6.07, 6.45) is 3.86. The van der Waals surface area contributed by atoms with Gasteiger partial charge in [-0.2, -0.15) is 0 Å². The van der Waals surface area contributed by atoms with Gasteiger partial charge in [-0.3, -0.25) is 9.66 Å². The third-order valence-corrected chi connectivity index (χ3v) is 5.75. The molecule has 1 aromatic heterocycles. The summed E-state index contributed by atoms with van der Waals surface area (Å²) in [6, 6.07) is 7.34. The molecule has 0 aliphatic carbocycles. The standard InChI is InChI=1S/C24H31FN4/c1-16-13-28(14-16)21(6)22-8-7-11-26-19(4)20(5)29(15-22)27-12-23-17(2)9-10-24(25)18(23)3/h7-11,15-16,27H,6,12-14H2,1-5H3. The molecule has 2 heterocycles. The number of nitrogens with zero attached hydrogens (tertiary/aromatic N) is 3. The summed E-state index contributed by atoms with van der Waals surface area (Å²) in [5.74, 6) is 0.524. The van der Waals surface area contributed by atoms with E-state index in [1.165, 1.54) is 6.07 Å². The topological polar surface area (TPSA) is 33.1 Å². The number of hydrogen-bond acceptors (Lipinski definition) is 3. The Kier molecular flexibility index (Phi) is 6.26. The molecule has 0 radical (unpaired) electrons. The Labute approximate surface area is 173 Å². The minimum absolute atomic E-state index is 0.177. The first-order valence-electron chi connectivity index (χ1n) is 10.1. The van der Waals surface area contributed by atoms with Crippen LogP contribution in [-0.2, 0) is 6.54 Å². The van der Waals surface area contributed by atoms with Crippen LogP contribution in [0, 0.1) is 39.4 Å². The van der Waals surface area contributed by atoms with Gasteiger partial charge in [-0.15, -0.1) is 0 Å². The maximum atomic E-state index is 14.1. The predicted molar refractivity (Wildman–Crippen MR) is 118 cm³/mol. The number of benzene rings is 1. The molecule has 154 valence electrons. The van der Waals surface area contributed by atoms with E-state index in [2.05, 4.69) is 35.0 Å². The highest BCUT2D eigenvalue weighted by Gasteiger charge is 2.24. The monoisotopic (exact) mass is 394 g/mol. The molecule has 1 saturated heterocycles. The van der Waals surface area contributed by atoms with Crippen molar-refractivity contribution in [2.24, 2.45) is 5.92 Å². The molecule has 0 unspecified atom stereocenters. The summed E-state index contributed by atoms with van der Waals surface area (Å²) in [6.45, 7) is 17.0. The zero-order chi connectivity index (χ0) is 21.1. The Morgan fingerprint density at radius 2 is 1.93 bits per heavy atom. The van der Waals surface area contributed by atoms with Crippen LogP contribution in [0.1, 0.15) is 40.6 Å². The van der Waals surface area contributed by atoms with E-state index in [9.17, 15) is 4.39 Å². The number of aromatic nitrogens is 2. The summed E-state index contributed by atoms with van der Waals surface area (Å²) in [5, 5.41) is 0. The van der Waals surface area contributed by atoms with Gasteiger partial charge in [0.2, 0.25) is 0 Å². The lowest BCUT2D eigenvalue weighted by molar-refractivity contribution is 0.192. The minimum Gasteiger partial charge on any atom is -0.371 e. The largest absolute Gasteiger partial charge is 0.371 e. The molecule has 1 fully saturated rings. The van der Waals surface area contributed by atoms with Crippen LogP contribution < -0.4 is 5.43 Å². The first-order chi connectivity index (χ1) is 13.8. The molecule has 0 spiro atoms. The van der Waals surface area contributed by atoms with Gasteiger partial charge in [-0.05, 0) is 68.5 Å². The van der Waals surface area contributed by atoms with Crippen molar-refractivity contribution in [3.8, 4) is 0 Å². The van der Waals surface area contributed by atoms with E-state index in [0.717, 1.165) is 46.9 Å². The SMILES string of the molecule is C=C(c1cccnc(C)c(C)n(NCc2c(C)ccc(F)c2C)c1)N1CC(C)C1. The Balaban J connectivity index is 1.99. The third kappa shape index (κ3) is 4.61. The van der Waals surface area contributed by atoms with Crippen LogP contribution in [0.5, 0.6) is 0 Å². The summed E-state index contributed by atoms with van der Waals surface area (Å²) in [5.41, 5.74) is 10.1. The minimum atomic E-state index is -0.177. The molecule has 0 atom stereocenters. The van der Waals surface area contributed by atoms with Crippen LogP contribution in [0.15, 0.2) is 43.2 Å². The third-order valence-electron chi connectivity index (χ3n) is 5.75. The van der Waals surface area contributed by atoms with Gasteiger partial charge in [0.15, 0.2) is 0 Å². The van der Waals surface area contributed by atoms with Gasteiger partial charge in [0.25, 0.3) is 0 Å². The van der Waals surface area contributed by atoms with E-state index in [0.29, 0.717) is 18.0 Å². The van der Waals surface area contributed by atoms with E-state index in [-0.39, 0.29) is 5.82 Å². The molecule has 29 heavy (non-hydrogen) atoms. The average molecular weight is 395 g/mol. The van der Waals surface area contributed by atoms with Crippen molar-refractivity contribution >= 4 is 5.70 Å². The van der Waals surface area contributed by atoms with Crippen molar-refractivity contribution in [1.29, 1.82) is 0 Å². The number of nitrogens with one attached hydrogen (secondary N) is 1. The van der Waals surface area contributed by atoms with Crippen LogP contribution in [0.25, 0.3) is 5.70 Å². The zero-order valence-corrected chi connectivity index (χ0v) is 18.1. The maximum Gasteiger partial charge on any atom is 0.126 e. The molecular weight excluding hydrogens is 363 g/mol. The predicted octanol–water partition coefficient (Wildman–Crippen LogP) is 5.05. The number of aryl methyl sites for hydroxylation is 2. The molecule has 5 heteroatoms. The second kappa shape index (κ2) is 8.68. The highest BCUT2D eigenvalue weighted by atomic mass is 19.1. The van der Waals surface area contributed by atoms with Gasteiger partial charge in [-0.1, -0.05) is 19.6 Å². The Bertz CT molecular complexity index is 969. The first-order valence-corrected chi connectivity index (χ1v) is 10.1. The lowest BCUT2D eigenvalue weighted by atomic mass is 10.0. The summed E-state index contributed by atoms with van der Waals surface area (Å²) >= 11 is 0. The smallest absolute Gasteiger partial charge is 0.126 e. The lowest BCUT2D eigenvalue weighted by Crippen LogP contribution is -2.43. The van der Waals surface area contributed by atoms with Crippen LogP contribution in [0.3, 0.4) is 0 Å². The Hall–Kier alpha value is -2.82. The molecule has 0 bridgehead atoms. The van der Waals surface area contributed by atoms with Crippen LogP contribution >= 0.6 is 0 Å². The fourth-order valence-corrected chi connectivity index (χ4v) is 3.58. The van der Waals surface area contributed by atoms with Crippen molar-refractivity contribution in [2.75, 3.05) is 18.5 Å². The van der Waals surface area contributed by atoms with Gasteiger partial charge >= 0.3 is 0 Å². The van der Waals surface area contributed by atoms with Crippen molar-refractivity contribution in [1.82, 2.24) is 14.6 Å². The van der Waals surface area contributed by atoms with Gasteiger partial charge in [-0.25, -0.2) is 4.39 Å². The average Bonchev–Trinajstić information content (AvgIpc) is 2.73. The second-order valence-electron chi connectivity index (χ2n) is 8.02. The van der Waals surface area contributed by atoms with E-state index in [1.807, 2.05) is 56.8 Å². The van der Waals surface area contributed by atoms with E-state index in [1.54, 1.807) is 0 Å². The van der Waals surface area contributed by atoms with Crippen molar-refractivity contribution < 1.29 is 4.39 Å². The molecule has 2 aromatic rings. The summed E-state index contributed by atoms with van der Waals surface area (Å²) in [7, 11) is 0. The molecule has 4 nitrogen and oxygen atoms in total. The number of hydrogen-bond donors (Lipinski definition) is 1. The summed E-state index contributed by atoms with van der Waals surface area (Å²) < 4.78 is 16.0. The number of halogens is 1. The molecule has 3 rings (SSSR count). The molecule has 1 aliphatic rings. The highest BCUT2D eigenvalue weighted by molar-refractivity contribution is 5.61. The van der Waals surface area contributed by atoms with Crippen LogP contribution in [0.4, 0.5) is 4.39 Å². The summed E-state index contributed by atoms with van der Waals surface area (Å²) in [4.78, 5) is 6.81. The van der Waals surface area contributed by atoms with Gasteiger partial charge in [0, 0.05) is 36.7 Å². The molecule has 0 amide bonds. The fraction of sp³-hybridized carbons (Fsp3) is 0.375. The lowest BCUT2D eigenvalue weighted by Gasteiger charge is -2.40. The quantitative estimate of drug-likeness (QED) is 0.771. The van der Waals surface area contributed by atoms with E-state index in [4.69, 9.17) is 0 Å². The van der Waals surface area contributed by atoms with Gasteiger partial charge < -0.3 is 10.3 Å². The van der Waals surface area contributed by atoms with E-state index >= 15 is 0 Å². The van der Waals surface area contributed by atoms with Gasteiger partial charge in [0.05, 0.1) is 17.9 Å². The van der Waals surface area contributed by atoms with Crippen LogP contribution in [0.2, 0.25) is 0 Å². The Morgan fingerprint density at radius 1 is 1.21 bits per heavy atom. The molecule has 1 aromatic carbocycles.